The zero-order chi connectivity index (χ0) is 24.1. The van der Waals surface area contributed by atoms with Gasteiger partial charge in [0, 0.05) is 11.0 Å². The molecule has 1 heterocycles. The normalized spacial score (nSPS) is 11.2. The summed E-state index contributed by atoms with van der Waals surface area (Å²) in [6.07, 6.45) is 0. The van der Waals surface area contributed by atoms with Gasteiger partial charge >= 0.3 is 0 Å². The van der Waals surface area contributed by atoms with Crippen LogP contribution in [0, 0.1) is 20.8 Å². The number of thioether (sulfide) groups is 1. The third kappa shape index (κ3) is 6.38. The topological polar surface area (TPSA) is 69.0 Å². The van der Waals surface area contributed by atoms with Crippen molar-refractivity contribution in [3.8, 4) is 5.75 Å². The second kappa shape index (κ2) is 11.2. The minimum atomic E-state index is -0.0891. The molecule has 0 spiro atoms. The maximum absolute atomic E-state index is 12.5. The number of halogens is 1. The van der Waals surface area contributed by atoms with Crippen molar-refractivity contribution < 1.29 is 9.53 Å². The quantitative estimate of drug-likeness (QED) is 0.323. The molecule has 0 aliphatic rings. The Morgan fingerprint density at radius 1 is 1.15 bits per heavy atom. The van der Waals surface area contributed by atoms with Crippen molar-refractivity contribution in [3.05, 3.63) is 62.9 Å². The van der Waals surface area contributed by atoms with Crippen molar-refractivity contribution >= 4 is 39.3 Å². The Bertz CT molecular complexity index is 1140. The number of carbonyl (C=O) groups excluding carboxylic acids is 1. The highest BCUT2D eigenvalue weighted by Crippen LogP contribution is 2.29. The molecule has 1 N–H and O–H groups in total. The highest BCUT2D eigenvalue weighted by atomic mass is 79.9. The molecule has 3 aromatic rings. The molecule has 0 fully saturated rings. The van der Waals surface area contributed by atoms with Crippen LogP contribution >= 0.6 is 27.7 Å². The van der Waals surface area contributed by atoms with Crippen LogP contribution in [0.2, 0.25) is 0 Å². The van der Waals surface area contributed by atoms with Gasteiger partial charge in [-0.3, -0.25) is 4.79 Å². The van der Waals surface area contributed by atoms with Gasteiger partial charge in [-0.25, -0.2) is 0 Å². The van der Waals surface area contributed by atoms with E-state index in [0.717, 1.165) is 32.9 Å². The maximum atomic E-state index is 12.5. The fourth-order valence-corrected chi connectivity index (χ4v) is 4.81. The van der Waals surface area contributed by atoms with E-state index in [4.69, 9.17) is 4.74 Å². The van der Waals surface area contributed by atoms with Gasteiger partial charge in [0.1, 0.15) is 12.4 Å². The van der Waals surface area contributed by atoms with Crippen molar-refractivity contribution in [1.82, 2.24) is 14.8 Å². The average Bonchev–Trinajstić information content (AvgIpc) is 3.16. The molecule has 2 aromatic carbocycles. The molecular formula is C25H31BrN4O2S. The van der Waals surface area contributed by atoms with Crippen LogP contribution in [-0.4, -0.2) is 26.4 Å². The summed E-state index contributed by atoms with van der Waals surface area (Å²) in [4.78, 5) is 12.5. The first-order valence-corrected chi connectivity index (χ1v) is 12.8. The highest BCUT2D eigenvalue weighted by Gasteiger charge is 2.16. The van der Waals surface area contributed by atoms with E-state index in [1.165, 1.54) is 22.9 Å². The second-order valence-corrected chi connectivity index (χ2v) is 10.2. The molecule has 1 amide bonds. The van der Waals surface area contributed by atoms with Crippen LogP contribution in [0.4, 0.5) is 5.69 Å². The lowest BCUT2D eigenvalue weighted by molar-refractivity contribution is -0.113. The number of benzene rings is 2. The molecule has 176 valence electrons. The zero-order valence-electron chi connectivity index (χ0n) is 20.0. The molecule has 0 bridgehead atoms. The van der Waals surface area contributed by atoms with Crippen molar-refractivity contribution in [2.24, 2.45) is 0 Å². The number of hydrogen-bond acceptors (Lipinski definition) is 5. The van der Waals surface area contributed by atoms with E-state index in [1.54, 1.807) is 0 Å². The van der Waals surface area contributed by atoms with E-state index in [-0.39, 0.29) is 11.7 Å². The maximum Gasteiger partial charge on any atom is 0.234 e. The Hall–Kier alpha value is -2.32. The van der Waals surface area contributed by atoms with Crippen molar-refractivity contribution in [2.75, 3.05) is 11.1 Å². The van der Waals surface area contributed by atoms with Gasteiger partial charge in [-0.2, -0.15) is 0 Å². The van der Waals surface area contributed by atoms with E-state index in [0.29, 0.717) is 24.2 Å². The number of nitrogens with zero attached hydrogens (tertiary/aromatic N) is 3. The molecule has 0 saturated carbocycles. The number of hydrogen-bond donors (Lipinski definition) is 1. The Morgan fingerprint density at radius 3 is 2.58 bits per heavy atom. The van der Waals surface area contributed by atoms with E-state index in [2.05, 4.69) is 70.4 Å². The largest absolute Gasteiger partial charge is 0.485 e. The number of carbonyl (C=O) groups is 1. The van der Waals surface area contributed by atoms with Gasteiger partial charge in [-0.05, 0) is 90.0 Å². The molecule has 0 unspecified atom stereocenters. The first-order chi connectivity index (χ1) is 15.7. The van der Waals surface area contributed by atoms with Crippen LogP contribution in [0.25, 0.3) is 0 Å². The van der Waals surface area contributed by atoms with E-state index < -0.39 is 0 Å². The predicted octanol–water partition coefficient (Wildman–Crippen LogP) is 6.42. The summed E-state index contributed by atoms with van der Waals surface area (Å²) in [6, 6.07) is 10.3. The van der Waals surface area contributed by atoms with E-state index >= 15 is 0 Å². The molecule has 0 aliphatic heterocycles. The number of aryl methyl sites for hydroxylation is 3. The lowest BCUT2D eigenvalue weighted by Gasteiger charge is -2.15. The van der Waals surface area contributed by atoms with Crippen LogP contribution < -0.4 is 10.1 Å². The summed E-state index contributed by atoms with van der Waals surface area (Å²) >= 11 is 4.90. The lowest BCUT2D eigenvalue weighted by atomic mass is 10.0. The number of amides is 1. The summed E-state index contributed by atoms with van der Waals surface area (Å²) < 4.78 is 9.01. The van der Waals surface area contributed by atoms with Crippen LogP contribution in [-0.2, 0) is 17.9 Å². The van der Waals surface area contributed by atoms with Crippen LogP contribution in [0.5, 0.6) is 5.75 Å². The Balaban J connectivity index is 1.65. The molecule has 0 aliphatic carbocycles. The summed E-state index contributed by atoms with van der Waals surface area (Å²) in [6.45, 7) is 13.5. The zero-order valence-corrected chi connectivity index (χ0v) is 22.4. The monoisotopic (exact) mass is 530 g/mol. The van der Waals surface area contributed by atoms with E-state index in [1.807, 2.05) is 37.5 Å². The third-order valence-corrected chi connectivity index (χ3v) is 7.07. The Kier molecular flexibility index (Phi) is 8.59. The molecule has 8 heteroatoms. The molecule has 6 nitrogen and oxygen atoms in total. The van der Waals surface area contributed by atoms with Crippen molar-refractivity contribution in [2.45, 2.75) is 65.8 Å². The fraction of sp³-hybridized carbons (Fsp3) is 0.400. The average molecular weight is 532 g/mol. The van der Waals surface area contributed by atoms with Gasteiger partial charge in [0.2, 0.25) is 5.91 Å². The molecule has 3 rings (SSSR count). The van der Waals surface area contributed by atoms with Crippen LogP contribution in [0.3, 0.4) is 0 Å². The first-order valence-electron chi connectivity index (χ1n) is 11.0. The minimum Gasteiger partial charge on any atom is -0.485 e. The highest BCUT2D eigenvalue weighted by molar-refractivity contribution is 9.10. The first kappa shape index (κ1) is 25.3. The molecule has 1 aromatic heterocycles. The molecule has 0 radical (unpaired) electrons. The minimum absolute atomic E-state index is 0.0891. The molecular weight excluding hydrogens is 500 g/mol. The summed E-state index contributed by atoms with van der Waals surface area (Å²) in [5.74, 6) is 2.14. The van der Waals surface area contributed by atoms with Crippen LogP contribution in [0.15, 0.2) is 40.0 Å². The van der Waals surface area contributed by atoms with Gasteiger partial charge in [0.15, 0.2) is 11.0 Å². The lowest BCUT2D eigenvalue weighted by Crippen LogP contribution is -2.15. The van der Waals surface area contributed by atoms with Crippen molar-refractivity contribution in [3.63, 3.8) is 0 Å². The summed E-state index contributed by atoms with van der Waals surface area (Å²) in [5, 5.41) is 12.3. The third-order valence-electron chi connectivity index (χ3n) is 5.45. The Labute approximate surface area is 208 Å². The van der Waals surface area contributed by atoms with Gasteiger partial charge in [-0.1, -0.05) is 37.7 Å². The SMILES string of the molecule is CCn1c(COc2cc(C)ccc2C(C)C)nnc1SCC(=O)Nc1cc(C)c(C)cc1Br. The summed E-state index contributed by atoms with van der Waals surface area (Å²) in [5.41, 5.74) is 5.40. The van der Waals surface area contributed by atoms with Gasteiger partial charge in [-0.15, -0.1) is 10.2 Å². The number of rotatable bonds is 9. The van der Waals surface area contributed by atoms with Crippen LogP contribution in [0.1, 0.15) is 54.8 Å². The molecule has 33 heavy (non-hydrogen) atoms. The fourth-order valence-electron chi connectivity index (χ4n) is 3.43. The molecule has 0 saturated heterocycles. The second-order valence-electron chi connectivity index (χ2n) is 8.38. The van der Waals surface area contributed by atoms with E-state index in [9.17, 15) is 4.79 Å². The Morgan fingerprint density at radius 2 is 1.88 bits per heavy atom. The summed E-state index contributed by atoms with van der Waals surface area (Å²) in [7, 11) is 0. The van der Waals surface area contributed by atoms with Gasteiger partial charge in [0.25, 0.3) is 0 Å². The van der Waals surface area contributed by atoms with Gasteiger partial charge in [0.05, 0.1) is 11.4 Å². The van der Waals surface area contributed by atoms with Crippen molar-refractivity contribution in [1.29, 1.82) is 0 Å². The number of nitrogens with one attached hydrogen (secondary N) is 1. The number of aromatic nitrogens is 3. The smallest absolute Gasteiger partial charge is 0.234 e. The van der Waals surface area contributed by atoms with Gasteiger partial charge < -0.3 is 14.6 Å². The molecule has 0 atom stereocenters. The number of ether oxygens (including phenoxy) is 1. The predicted molar refractivity (Wildman–Crippen MR) is 138 cm³/mol. The number of anilines is 1. The standard InChI is InChI=1S/C25H31BrN4O2S/c1-7-30-23(13-32-22-10-16(4)8-9-19(22)15(2)3)28-29-25(30)33-14-24(31)27-21-12-18(6)17(5)11-20(21)26/h8-12,15H,7,13-14H2,1-6H3,(H,27,31).